The molecule has 0 amide bonds. The van der Waals surface area contributed by atoms with E-state index in [0.29, 0.717) is 13.1 Å². The molecule has 8 heteroatoms. The largest absolute Gasteiger partial charge is 0.307 e. The molecule has 0 aliphatic carbocycles. The molecule has 1 saturated heterocycles. The van der Waals surface area contributed by atoms with Crippen LogP contribution in [0, 0.1) is 5.92 Å². The molecule has 2 atom stereocenters. The van der Waals surface area contributed by atoms with Crippen molar-refractivity contribution in [3.63, 3.8) is 0 Å². The summed E-state index contributed by atoms with van der Waals surface area (Å²) in [6, 6.07) is 3.33. The molecule has 0 bridgehead atoms. The average Bonchev–Trinajstić information content (AvgIpc) is 2.81. The van der Waals surface area contributed by atoms with Crippen LogP contribution >= 0.6 is 0 Å². The zero-order valence-electron chi connectivity index (χ0n) is 11.9. The smallest absolute Gasteiger partial charge is 0.246 e. The molecule has 0 aromatic carbocycles. The lowest BCUT2D eigenvalue weighted by atomic mass is 10.1. The summed E-state index contributed by atoms with van der Waals surface area (Å²) in [7, 11) is 0.354. The highest BCUT2D eigenvalue weighted by molar-refractivity contribution is 7.89. The van der Waals surface area contributed by atoms with E-state index >= 15 is 0 Å². The summed E-state index contributed by atoms with van der Waals surface area (Å²) in [6.45, 7) is 3.05. The molecule has 112 valence electrons. The summed E-state index contributed by atoms with van der Waals surface area (Å²) in [5.41, 5.74) is 2.34. The highest BCUT2D eigenvalue weighted by Gasteiger charge is 2.39. The third-order valence-corrected chi connectivity index (χ3v) is 5.59. The Labute approximate surface area is 119 Å². The van der Waals surface area contributed by atoms with Gasteiger partial charge in [0.2, 0.25) is 10.0 Å². The Morgan fingerprint density at radius 3 is 2.70 bits per heavy atom. The van der Waals surface area contributed by atoms with Gasteiger partial charge in [-0.3, -0.25) is 0 Å². The standard InChI is InChI=1S/C12H21N5O2S/c1-9-7-17(8-10(9)16(2)3)20(18,19)11-5-4-6-14-12(11)15-13/h4-6,9-10H,7-8,13H2,1-3H3,(H,14,15). The van der Waals surface area contributed by atoms with Crippen molar-refractivity contribution in [1.29, 1.82) is 0 Å². The minimum absolute atomic E-state index is 0.120. The van der Waals surface area contributed by atoms with E-state index in [0.717, 1.165) is 0 Å². The van der Waals surface area contributed by atoms with Gasteiger partial charge in [0.05, 0.1) is 0 Å². The van der Waals surface area contributed by atoms with E-state index in [1.165, 1.54) is 16.6 Å². The number of likely N-dealkylation sites (N-methyl/N-ethyl adjacent to an activating group) is 1. The van der Waals surface area contributed by atoms with Crippen molar-refractivity contribution in [2.45, 2.75) is 17.9 Å². The van der Waals surface area contributed by atoms with Gasteiger partial charge >= 0.3 is 0 Å². The van der Waals surface area contributed by atoms with E-state index in [2.05, 4.69) is 22.2 Å². The summed E-state index contributed by atoms with van der Waals surface area (Å²) in [5, 5.41) is 0. The highest BCUT2D eigenvalue weighted by Crippen LogP contribution is 2.28. The fourth-order valence-electron chi connectivity index (χ4n) is 2.62. The Morgan fingerprint density at radius 2 is 2.15 bits per heavy atom. The number of aromatic nitrogens is 1. The highest BCUT2D eigenvalue weighted by atomic mass is 32.2. The maximum Gasteiger partial charge on any atom is 0.246 e. The van der Waals surface area contributed by atoms with E-state index in [9.17, 15) is 8.42 Å². The third-order valence-electron chi connectivity index (χ3n) is 3.73. The van der Waals surface area contributed by atoms with Crippen LogP contribution in [0.25, 0.3) is 0 Å². The van der Waals surface area contributed by atoms with Gasteiger partial charge < -0.3 is 10.3 Å². The second kappa shape index (κ2) is 5.65. The average molecular weight is 299 g/mol. The zero-order chi connectivity index (χ0) is 14.9. The van der Waals surface area contributed by atoms with E-state index in [1.807, 2.05) is 14.1 Å². The maximum absolute atomic E-state index is 12.7. The lowest BCUT2D eigenvalue weighted by Crippen LogP contribution is -2.36. The topological polar surface area (TPSA) is 91.6 Å². The van der Waals surface area contributed by atoms with Crippen LogP contribution in [-0.2, 0) is 10.0 Å². The van der Waals surface area contributed by atoms with Crippen LogP contribution < -0.4 is 11.3 Å². The number of rotatable bonds is 4. The van der Waals surface area contributed by atoms with Crippen molar-refractivity contribution in [1.82, 2.24) is 14.2 Å². The first-order valence-corrected chi connectivity index (χ1v) is 7.90. The minimum Gasteiger partial charge on any atom is -0.307 e. The van der Waals surface area contributed by atoms with Gasteiger partial charge in [0.15, 0.2) is 5.82 Å². The molecule has 1 aromatic rings. The van der Waals surface area contributed by atoms with Crippen LogP contribution in [0.5, 0.6) is 0 Å². The number of nitrogen functional groups attached to an aromatic ring is 1. The number of hydrogen-bond acceptors (Lipinski definition) is 6. The van der Waals surface area contributed by atoms with Crippen molar-refractivity contribution in [3.8, 4) is 0 Å². The van der Waals surface area contributed by atoms with Gasteiger partial charge in [0, 0.05) is 25.3 Å². The van der Waals surface area contributed by atoms with Crippen molar-refractivity contribution >= 4 is 15.8 Å². The molecule has 20 heavy (non-hydrogen) atoms. The van der Waals surface area contributed by atoms with Crippen LogP contribution in [0.3, 0.4) is 0 Å². The first-order chi connectivity index (χ1) is 9.37. The molecule has 2 unspecified atom stereocenters. The second-order valence-corrected chi connectivity index (χ2v) is 7.23. The summed E-state index contributed by atoms with van der Waals surface area (Å²) in [5.74, 6) is 5.80. The molecule has 0 radical (unpaired) electrons. The van der Waals surface area contributed by atoms with Crippen LogP contribution in [0.4, 0.5) is 5.82 Å². The van der Waals surface area contributed by atoms with E-state index < -0.39 is 10.0 Å². The number of hydrogen-bond donors (Lipinski definition) is 2. The molecule has 1 aromatic heterocycles. The van der Waals surface area contributed by atoms with Gasteiger partial charge in [0.25, 0.3) is 0 Å². The molecule has 3 N–H and O–H groups in total. The molecule has 0 saturated carbocycles. The van der Waals surface area contributed by atoms with Crippen LogP contribution in [0.15, 0.2) is 23.2 Å². The number of sulfonamides is 1. The van der Waals surface area contributed by atoms with Crippen LogP contribution in [0.1, 0.15) is 6.92 Å². The van der Waals surface area contributed by atoms with Gasteiger partial charge in [-0.2, -0.15) is 4.31 Å². The summed E-state index contributed by atoms with van der Waals surface area (Å²) in [4.78, 5) is 6.14. The first-order valence-electron chi connectivity index (χ1n) is 6.46. The molecule has 1 aliphatic heterocycles. The number of nitrogens with two attached hydrogens (primary N) is 1. The van der Waals surface area contributed by atoms with Gasteiger partial charge in [0.1, 0.15) is 4.90 Å². The number of nitrogens with zero attached hydrogens (tertiary/aromatic N) is 3. The van der Waals surface area contributed by atoms with Gasteiger partial charge in [-0.1, -0.05) is 6.92 Å². The number of nitrogens with one attached hydrogen (secondary N) is 1. The summed E-state index contributed by atoms with van der Waals surface area (Å²) in [6.07, 6.45) is 1.50. The quantitative estimate of drug-likeness (QED) is 0.598. The van der Waals surface area contributed by atoms with Gasteiger partial charge in [-0.05, 0) is 32.1 Å². The predicted octanol–water partition coefficient (Wildman–Crippen LogP) is -0.0622. The molecule has 7 nitrogen and oxygen atoms in total. The van der Waals surface area contributed by atoms with Crippen LogP contribution in [0.2, 0.25) is 0 Å². The minimum atomic E-state index is -3.58. The molecule has 1 fully saturated rings. The monoisotopic (exact) mass is 299 g/mol. The fourth-order valence-corrected chi connectivity index (χ4v) is 4.29. The van der Waals surface area contributed by atoms with Crippen LogP contribution in [-0.4, -0.2) is 55.8 Å². The predicted molar refractivity (Wildman–Crippen MR) is 77.4 cm³/mol. The molecule has 0 spiro atoms. The Bertz CT molecular complexity index is 575. The number of pyridine rings is 1. The van der Waals surface area contributed by atoms with Gasteiger partial charge in [-0.15, -0.1) is 0 Å². The van der Waals surface area contributed by atoms with E-state index in [1.54, 1.807) is 6.07 Å². The van der Waals surface area contributed by atoms with Crippen molar-refractivity contribution in [2.24, 2.45) is 11.8 Å². The first kappa shape index (κ1) is 15.2. The Hall–Kier alpha value is -1.22. The van der Waals surface area contributed by atoms with E-state index in [-0.39, 0.29) is 22.7 Å². The van der Waals surface area contributed by atoms with Crippen molar-refractivity contribution in [2.75, 3.05) is 32.6 Å². The maximum atomic E-state index is 12.7. The SMILES string of the molecule is CC1CN(S(=O)(=O)c2cccnc2NN)CC1N(C)C. The Balaban J connectivity index is 2.33. The third kappa shape index (κ3) is 2.64. The normalized spacial score (nSPS) is 24.2. The van der Waals surface area contributed by atoms with E-state index in [4.69, 9.17) is 5.84 Å². The lowest BCUT2D eigenvalue weighted by molar-refractivity contribution is 0.263. The molecule has 2 rings (SSSR count). The molecule has 2 heterocycles. The number of hydrazine groups is 1. The Morgan fingerprint density at radius 1 is 1.45 bits per heavy atom. The molecular weight excluding hydrogens is 278 g/mol. The summed E-state index contributed by atoms with van der Waals surface area (Å²) < 4.78 is 26.9. The van der Waals surface area contributed by atoms with Crippen molar-refractivity contribution in [3.05, 3.63) is 18.3 Å². The summed E-state index contributed by atoms with van der Waals surface area (Å²) >= 11 is 0. The number of anilines is 1. The lowest BCUT2D eigenvalue weighted by Gasteiger charge is -2.22. The second-order valence-electron chi connectivity index (χ2n) is 5.32. The molecular formula is C12H21N5O2S. The molecule has 1 aliphatic rings. The van der Waals surface area contributed by atoms with Crippen molar-refractivity contribution < 1.29 is 8.42 Å². The van der Waals surface area contributed by atoms with Gasteiger partial charge in [-0.25, -0.2) is 19.2 Å². The fraction of sp³-hybridized carbons (Fsp3) is 0.583. The zero-order valence-corrected chi connectivity index (χ0v) is 12.8. The Kier molecular flexibility index (Phi) is 4.28.